The average Bonchev–Trinajstić information content (AvgIpc) is 3.97. The fraction of sp³-hybridized carbons (Fsp3) is 0.465. The second-order valence-electron chi connectivity index (χ2n) is 16.2. The maximum Gasteiger partial charge on any atom is 0.320 e. The van der Waals surface area contributed by atoms with E-state index < -0.39 is 0 Å². The van der Waals surface area contributed by atoms with Crippen LogP contribution in [0, 0.1) is 0 Å². The van der Waals surface area contributed by atoms with Crippen molar-refractivity contribution in [1.82, 2.24) is 34.6 Å². The van der Waals surface area contributed by atoms with Crippen LogP contribution in [0.3, 0.4) is 0 Å². The Morgan fingerprint density at radius 1 is 0.912 bits per heavy atom. The third-order valence-corrected chi connectivity index (χ3v) is 11.1. The van der Waals surface area contributed by atoms with E-state index in [-0.39, 0.29) is 30.1 Å². The smallest absolute Gasteiger partial charge is 0.320 e. The molecule has 3 atom stereocenters. The molecule has 3 aromatic heterocycles. The number of carbonyl (C=O) groups excluding carboxylic acids is 1. The van der Waals surface area contributed by atoms with Crippen LogP contribution >= 0.6 is 0 Å². The topological polar surface area (TPSA) is 151 Å². The highest BCUT2D eigenvalue weighted by molar-refractivity contribution is 5.89. The zero-order valence-electron chi connectivity index (χ0n) is 33.4. The molecule has 2 saturated heterocycles. The van der Waals surface area contributed by atoms with Gasteiger partial charge < -0.3 is 24.8 Å². The van der Waals surface area contributed by atoms with Crippen LogP contribution in [0.1, 0.15) is 102 Å². The summed E-state index contributed by atoms with van der Waals surface area (Å²) in [5.74, 6) is 3.01. The fourth-order valence-electron chi connectivity index (χ4n) is 8.06. The number of aromatic nitrogens is 5. The molecule has 14 heteroatoms. The number of piperidine rings is 1. The van der Waals surface area contributed by atoms with E-state index in [1.807, 2.05) is 60.8 Å². The summed E-state index contributed by atoms with van der Waals surface area (Å²) in [7, 11) is 0. The molecule has 3 N–H and O–H groups in total. The van der Waals surface area contributed by atoms with Gasteiger partial charge in [0.1, 0.15) is 30.0 Å². The number of urea groups is 1. The minimum atomic E-state index is -0.286. The van der Waals surface area contributed by atoms with Crippen LogP contribution in [0.2, 0.25) is 0 Å². The largest absolute Gasteiger partial charge is 0.492 e. The Kier molecular flexibility index (Phi) is 12.3. The standard InChI is InChI=1S/C42H53N9O3.CH2O2/c1-29-12-7-8-23-49(29)41-46-45-38-20-17-32(28-50(38)41)54-36-19-18-35(33-15-5-6-16-34(33)36)43-40(52)44-39-27-37(42(2,3)4)47-51(39)30-13-11-14-31(26-30)53-25-24-48-21-9-10-22-48;2-1-3/h5-6,11,13-17,20,26-29,35-36H,7-10,12,18-19,21-25H2,1-4H3,(H2,43,44,52);1H,(H,2,3)/t29-,35-,36+;/m0./s1. The Balaban J connectivity index is 0.00000160. The van der Waals surface area contributed by atoms with Crippen LogP contribution in [0.5, 0.6) is 11.5 Å². The van der Waals surface area contributed by atoms with Crippen LogP contribution in [-0.2, 0) is 10.2 Å². The van der Waals surface area contributed by atoms with E-state index in [9.17, 15) is 4.79 Å². The van der Waals surface area contributed by atoms with Crippen molar-refractivity contribution in [3.63, 3.8) is 0 Å². The molecule has 0 bridgehead atoms. The number of fused-ring (bicyclic) bond motifs is 2. The summed E-state index contributed by atoms with van der Waals surface area (Å²) < 4.78 is 16.7. The van der Waals surface area contributed by atoms with Crippen LogP contribution in [0.25, 0.3) is 11.3 Å². The summed E-state index contributed by atoms with van der Waals surface area (Å²) in [6, 6.07) is 22.0. The van der Waals surface area contributed by atoms with Gasteiger partial charge in [-0.3, -0.25) is 19.4 Å². The molecule has 0 spiro atoms. The van der Waals surface area contributed by atoms with Crippen molar-refractivity contribution >= 4 is 29.9 Å². The summed E-state index contributed by atoms with van der Waals surface area (Å²) in [6.07, 6.45) is 9.41. The lowest BCUT2D eigenvalue weighted by Gasteiger charge is -2.33. The van der Waals surface area contributed by atoms with Gasteiger partial charge in [-0.05, 0) is 100 Å². The lowest BCUT2D eigenvalue weighted by molar-refractivity contribution is -0.122. The van der Waals surface area contributed by atoms with Crippen LogP contribution < -0.4 is 25.0 Å². The van der Waals surface area contributed by atoms with Crippen molar-refractivity contribution in [2.45, 2.75) is 96.2 Å². The van der Waals surface area contributed by atoms with Crippen molar-refractivity contribution in [2.75, 3.05) is 43.0 Å². The molecular formula is C43H55N9O5. The minimum Gasteiger partial charge on any atom is -0.492 e. The maximum atomic E-state index is 13.8. The maximum absolute atomic E-state index is 13.8. The van der Waals surface area contributed by atoms with E-state index in [4.69, 9.17) is 24.5 Å². The van der Waals surface area contributed by atoms with E-state index in [0.717, 1.165) is 97.5 Å². The molecule has 1 aliphatic carbocycles. The monoisotopic (exact) mass is 777 g/mol. The number of amides is 2. The highest BCUT2D eigenvalue weighted by atomic mass is 16.5. The highest BCUT2D eigenvalue weighted by Gasteiger charge is 2.31. The molecule has 57 heavy (non-hydrogen) atoms. The molecule has 2 fully saturated rings. The number of benzene rings is 2. The third-order valence-electron chi connectivity index (χ3n) is 11.1. The van der Waals surface area contributed by atoms with Gasteiger partial charge in [0, 0.05) is 36.7 Å². The Morgan fingerprint density at radius 3 is 2.46 bits per heavy atom. The Labute approximate surface area is 334 Å². The number of pyridine rings is 1. The normalized spacial score (nSPS) is 19.6. The first-order chi connectivity index (χ1) is 27.6. The third kappa shape index (κ3) is 9.33. The number of carbonyl (C=O) groups is 2. The molecular weight excluding hydrogens is 723 g/mol. The van der Waals surface area contributed by atoms with Gasteiger partial charge in [-0.15, -0.1) is 10.2 Å². The van der Waals surface area contributed by atoms with Crippen molar-refractivity contribution in [3.8, 4) is 17.2 Å². The lowest BCUT2D eigenvalue weighted by Crippen LogP contribution is -2.38. The predicted molar refractivity (Wildman–Crippen MR) is 220 cm³/mol. The number of anilines is 2. The van der Waals surface area contributed by atoms with Crippen LogP contribution in [-0.4, -0.2) is 85.7 Å². The van der Waals surface area contributed by atoms with E-state index in [0.29, 0.717) is 18.5 Å². The van der Waals surface area contributed by atoms with Crippen LogP contribution in [0.4, 0.5) is 16.6 Å². The molecule has 3 aliphatic rings. The van der Waals surface area contributed by atoms with E-state index >= 15 is 0 Å². The van der Waals surface area contributed by atoms with E-state index in [2.05, 4.69) is 74.9 Å². The first-order valence-electron chi connectivity index (χ1n) is 20.2. The van der Waals surface area contributed by atoms with Gasteiger partial charge in [0.15, 0.2) is 5.65 Å². The molecule has 5 aromatic rings. The molecule has 2 aromatic carbocycles. The van der Waals surface area contributed by atoms with Gasteiger partial charge in [-0.1, -0.05) is 51.1 Å². The Bertz CT molecular complexity index is 2140. The van der Waals surface area contributed by atoms with Crippen molar-refractivity contribution < 1.29 is 24.2 Å². The molecule has 2 amide bonds. The average molecular weight is 778 g/mol. The number of carboxylic acid groups (broad SMARTS) is 1. The second kappa shape index (κ2) is 17.7. The molecule has 5 heterocycles. The zero-order valence-corrected chi connectivity index (χ0v) is 33.4. The molecule has 0 unspecified atom stereocenters. The number of hydrogen-bond acceptors (Lipinski definition) is 9. The summed E-state index contributed by atoms with van der Waals surface area (Å²) >= 11 is 0. The fourth-order valence-corrected chi connectivity index (χ4v) is 8.06. The Morgan fingerprint density at radius 2 is 1.68 bits per heavy atom. The summed E-state index contributed by atoms with van der Waals surface area (Å²) in [4.78, 5) is 26.9. The SMILES string of the molecule is C[C@H]1CCCCN1c1nnc2ccc(O[C@@H]3CC[C@H](NC(=O)Nc4cc(C(C)(C)C)nn4-c4cccc(OCCN5CCCC5)c4)c4ccccc43)cn12.O=CO. The van der Waals surface area contributed by atoms with Gasteiger partial charge in [0.05, 0.1) is 23.6 Å². The number of nitrogens with zero attached hydrogens (tertiary/aromatic N) is 7. The van der Waals surface area contributed by atoms with E-state index in [1.165, 1.54) is 19.3 Å². The van der Waals surface area contributed by atoms with Gasteiger partial charge in [0.2, 0.25) is 5.95 Å². The molecule has 2 aliphatic heterocycles. The van der Waals surface area contributed by atoms with Crippen molar-refractivity contribution in [3.05, 3.63) is 89.7 Å². The van der Waals surface area contributed by atoms with Gasteiger partial charge in [-0.25, -0.2) is 9.48 Å². The second-order valence-corrected chi connectivity index (χ2v) is 16.2. The van der Waals surface area contributed by atoms with Gasteiger partial charge in [0.25, 0.3) is 6.47 Å². The van der Waals surface area contributed by atoms with E-state index in [1.54, 1.807) is 4.68 Å². The minimum absolute atomic E-state index is 0.158. The predicted octanol–water partition coefficient (Wildman–Crippen LogP) is 7.54. The first kappa shape index (κ1) is 39.6. The summed E-state index contributed by atoms with van der Waals surface area (Å²) in [5, 5.41) is 27.2. The van der Waals surface area contributed by atoms with Crippen molar-refractivity contribution in [2.24, 2.45) is 0 Å². The van der Waals surface area contributed by atoms with Gasteiger partial charge in [-0.2, -0.15) is 5.10 Å². The molecule has 0 radical (unpaired) electrons. The van der Waals surface area contributed by atoms with Gasteiger partial charge >= 0.3 is 6.03 Å². The summed E-state index contributed by atoms with van der Waals surface area (Å²) in [6.45, 7) is 13.2. The number of ether oxygens (including phenoxy) is 2. The number of rotatable bonds is 10. The molecule has 0 saturated carbocycles. The molecule has 302 valence electrons. The Hall–Kier alpha value is -5.63. The molecule has 8 rings (SSSR count). The number of hydrogen-bond donors (Lipinski definition) is 3. The number of likely N-dealkylation sites (tertiary alicyclic amines) is 1. The first-order valence-corrected chi connectivity index (χ1v) is 20.2. The summed E-state index contributed by atoms with van der Waals surface area (Å²) in [5.41, 5.74) is 4.42. The number of nitrogens with one attached hydrogen (secondary N) is 2. The van der Waals surface area contributed by atoms with Crippen LogP contribution in [0.15, 0.2) is 72.9 Å². The quantitative estimate of drug-likeness (QED) is 0.121. The highest BCUT2D eigenvalue weighted by Crippen LogP contribution is 2.39. The van der Waals surface area contributed by atoms with Crippen molar-refractivity contribution in [1.29, 1.82) is 0 Å². The lowest BCUT2D eigenvalue weighted by atomic mass is 9.85. The zero-order chi connectivity index (χ0) is 39.9. The molecule has 14 nitrogen and oxygen atoms in total.